The Bertz CT molecular complexity index is 517. The van der Waals surface area contributed by atoms with E-state index in [1.54, 1.807) is 6.07 Å². The third-order valence-corrected chi connectivity index (χ3v) is 4.20. The molecule has 0 bridgehead atoms. The number of sulfonamides is 1. The highest BCUT2D eigenvalue weighted by Gasteiger charge is 2.15. The predicted molar refractivity (Wildman–Crippen MR) is 77.2 cm³/mol. The van der Waals surface area contributed by atoms with Gasteiger partial charge in [0.05, 0.1) is 12.0 Å². The van der Waals surface area contributed by atoms with E-state index in [0.717, 1.165) is 0 Å². The van der Waals surface area contributed by atoms with Crippen molar-refractivity contribution in [3.63, 3.8) is 0 Å². The summed E-state index contributed by atoms with van der Waals surface area (Å²) in [7, 11) is -2.00. The van der Waals surface area contributed by atoms with Gasteiger partial charge in [-0.1, -0.05) is 0 Å². The number of ether oxygens (including phenoxy) is 2. The zero-order chi connectivity index (χ0) is 15.0. The first-order chi connectivity index (χ1) is 9.55. The molecule has 0 heterocycles. The van der Waals surface area contributed by atoms with E-state index in [-0.39, 0.29) is 11.4 Å². The van der Waals surface area contributed by atoms with Crippen LogP contribution in [0.2, 0.25) is 0 Å². The van der Waals surface area contributed by atoms with Gasteiger partial charge in [-0.25, -0.2) is 13.1 Å². The zero-order valence-corrected chi connectivity index (χ0v) is 12.7. The van der Waals surface area contributed by atoms with Crippen molar-refractivity contribution in [2.45, 2.75) is 24.8 Å². The standard InChI is InChI=1S/C13H22N2O4S/c1-3-19-8-4-7-15-20(16,17)12-5-6-13(18-2)11(9-12)10-14/h5-6,9,15H,3-4,7-8,10,14H2,1-2H3. The number of nitrogens with one attached hydrogen (secondary N) is 1. The first kappa shape index (κ1) is 16.9. The molecule has 0 spiro atoms. The van der Waals surface area contributed by atoms with Crippen LogP contribution in [0, 0.1) is 0 Å². The van der Waals surface area contributed by atoms with E-state index in [0.29, 0.717) is 37.5 Å². The maximum absolute atomic E-state index is 12.1. The third-order valence-electron chi connectivity index (χ3n) is 2.74. The molecule has 0 amide bonds. The lowest BCUT2D eigenvalue weighted by molar-refractivity contribution is 0.146. The highest BCUT2D eigenvalue weighted by Crippen LogP contribution is 2.21. The summed E-state index contributed by atoms with van der Waals surface area (Å²) in [6, 6.07) is 4.64. The van der Waals surface area contributed by atoms with Gasteiger partial charge in [0.25, 0.3) is 0 Å². The molecule has 0 atom stereocenters. The molecule has 0 fully saturated rings. The first-order valence-electron chi connectivity index (χ1n) is 6.49. The van der Waals surface area contributed by atoms with Crippen LogP contribution >= 0.6 is 0 Å². The number of hydrogen-bond donors (Lipinski definition) is 2. The fourth-order valence-electron chi connectivity index (χ4n) is 1.69. The summed E-state index contributed by atoms with van der Waals surface area (Å²) in [5, 5.41) is 0. The molecule has 1 rings (SSSR count). The Labute approximate surface area is 120 Å². The van der Waals surface area contributed by atoms with Crippen molar-refractivity contribution in [1.29, 1.82) is 0 Å². The van der Waals surface area contributed by atoms with Gasteiger partial charge < -0.3 is 15.2 Å². The van der Waals surface area contributed by atoms with Crippen LogP contribution in [-0.4, -0.2) is 35.3 Å². The summed E-state index contributed by atoms with van der Waals surface area (Å²) in [5.74, 6) is 0.586. The lowest BCUT2D eigenvalue weighted by Gasteiger charge is -2.11. The van der Waals surface area contributed by atoms with Crippen molar-refractivity contribution < 1.29 is 17.9 Å². The number of hydrogen-bond acceptors (Lipinski definition) is 5. The molecular formula is C13H22N2O4S. The normalized spacial score (nSPS) is 11.6. The van der Waals surface area contributed by atoms with Crippen molar-refractivity contribution >= 4 is 10.0 Å². The predicted octanol–water partition coefficient (Wildman–Crippen LogP) is 0.859. The minimum absolute atomic E-state index is 0.190. The molecule has 0 saturated heterocycles. The smallest absolute Gasteiger partial charge is 0.240 e. The molecule has 0 aliphatic heterocycles. The lowest BCUT2D eigenvalue weighted by atomic mass is 10.2. The van der Waals surface area contributed by atoms with Crippen LogP contribution in [0.4, 0.5) is 0 Å². The highest BCUT2D eigenvalue weighted by atomic mass is 32.2. The topological polar surface area (TPSA) is 90.6 Å². The molecule has 1 aromatic carbocycles. The van der Waals surface area contributed by atoms with Gasteiger partial charge in [0, 0.05) is 31.9 Å². The maximum atomic E-state index is 12.1. The summed E-state index contributed by atoms with van der Waals surface area (Å²) < 4.78 is 37.0. The molecule has 0 aliphatic carbocycles. The summed E-state index contributed by atoms with van der Waals surface area (Å²) in [6.45, 7) is 3.62. The fraction of sp³-hybridized carbons (Fsp3) is 0.538. The second-order valence-electron chi connectivity index (χ2n) is 4.13. The van der Waals surface area contributed by atoms with Crippen LogP contribution in [0.3, 0.4) is 0 Å². The Kier molecular flexibility index (Phi) is 6.94. The number of nitrogens with two attached hydrogens (primary N) is 1. The van der Waals surface area contributed by atoms with Gasteiger partial charge in [-0.2, -0.15) is 0 Å². The van der Waals surface area contributed by atoms with Crippen LogP contribution in [0.15, 0.2) is 23.1 Å². The van der Waals surface area contributed by atoms with Gasteiger partial charge in [0.1, 0.15) is 5.75 Å². The summed E-state index contributed by atoms with van der Waals surface area (Å²) in [6.07, 6.45) is 0.632. The molecular weight excluding hydrogens is 280 g/mol. The largest absolute Gasteiger partial charge is 0.496 e. The lowest BCUT2D eigenvalue weighted by Crippen LogP contribution is -2.25. The number of methoxy groups -OCH3 is 1. The molecule has 0 unspecified atom stereocenters. The maximum Gasteiger partial charge on any atom is 0.240 e. The molecule has 0 aliphatic rings. The zero-order valence-electron chi connectivity index (χ0n) is 11.9. The van der Waals surface area contributed by atoms with E-state index in [9.17, 15) is 8.42 Å². The molecule has 3 N–H and O–H groups in total. The minimum atomic E-state index is -3.52. The summed E-state index contributed by atoms with van der Waals surface area (Å²) in [4.78, 5) is 0.190. The Hall–Kier alpha value is -1.15. The summed E-state index contributed by atoms with van der Waals surface area (Å²) >= 11 is 0. The van der Waals surface area contributed by atoms with Crippen molar-refractivity contribution in [3.8, 4) is 5.75 Å². The Morgan fingerprint density at radius 1 is 1.35 bits per heavy atom. The molecule has 6 nitrogen and oxygen atoms in total. The Morgan fingerprint density at radius 2 is 2.10 bits per heavy atom. The molecule has 0 saturated carbocycles. The van der Waals surface area contributed by atoms with Crippen molar-refractivity contribution in [1.82, 2.24) is 4.72 Å². The quantitative estimate of drug-likeness (QED) is 0.660. The van der Waals surface area contributed by atoms with Gasteiger partial charge in [-0.05, 0) is 31.5 Å². The van der Waals surface area contributed by atoms with Crippen LogP contribution < -0.4 is 15.2 Å². The van der Waals surface area contributed by atoms with E-state index < -0.39 is 10.0 Å². The molecule has 7 heteroatoms. The average Bonchev–Trinajstić information content (AvgIpc) is 2.46. The van der Waals surface area contributed by atoms with E-state index in [4.69, 9.17) is 15.2 Å². The van der Waals surface area contributed by atoms with Gasteiger partial charge in [0.15, 0.2) is 0 Å². The van der Waals surface area contributed by atoms with Gasteiger partial charge in [-0.3, -0.25) is 0 Å². The van der Waals surface area contributed by atoms with Crippen molar-refractivity contribution in [2.24, 2.45) is 5.73 Å². The van der Waals surface area contributed by atoms with Crippen molar-refractivity contribution in [2.75, 3.05) is 26.9 Å². The van der Waals surface area contributed by atoms with E-state index >= 15 is 0 Å². The fourth-order valence-corrected chi connectivity index (χ4v) is 2.81. The van der Waals surface area contributed by atoms with Crippen LogP contribution in [0.1, 0.15) is 18.9 Å². The van der Waals surface area contributed by atoms with Gasteiger partial charge >= 0.3 is 0 Å². The number of benzene rings is 1. The minimum Gasteiger partial charge on any atom is -0.496 e. The number of rotatable bonds is 9. The second-order valence-corrected chi connectivity index (χ2v) is 5.89. The van der Waals surface area contributed by atoms with Crippen molar-refractivity contribution in [3.05, 3.63) is 23.8 Å². The average molecular weight is 302 g/mol. The summed E-state index contributed by atoms with van der Waals surface area (Å²) in [5.41, 5.74) is 6.24. The Balaban J connectivity index is 2.72. The third kappa shape index (κ3) is 4.75. The van der Waals surface area contributed by atoms with Gasteiger partial charge in [-0.15, -0.1) is 0 Å². The monoisotopic (exact) mass is 302 g/mol. The molecule has 0 aromatic heterocycles. The van der Waals surface area contributed by atoms with Crippen LogP contribution in [0.25, 0.3) is 0 Å². The van der Waals surface area contributed by atoms with Crippen LogP contribution in [0.5, 0.6) is 5.75 Å². The molecule has 0 radical (unpaired) electrons. The van der Waals surface area contributed by atoms with E-state index in [1.807, 2.05) is 6.92 Å². The SMILES string of the molecule is CCOCCCNS(=O)(=O)c1ccc(OC)c(CN)c1. The highest BCUT2D eigenvalue weighted by molar-refractivity contribution is 7.89. The second kappa shape index (κ2) is 8.21. The first-order valence-corrected chi connectivity index (χ1v) is 7.97. The molecule has 114 valence electrons. The molecule has 1 aromatic rings. The van der Waals surface area contributed by atoms with Gasteiger partial charge in [0.2, 0.25) is 10.0 Å². The Morgan fingerprint density at radius 3 is 2.70 bits per heavy atom. The van der Waals surface area contributed by atoms with Crippen LogP contribution in [-0.2, 0) is 21.3 Å². The van der Waals surface area contributed by atoms with E-state index in [1.165, 1.54) is 19.2 Å². The molecule has 20 heavy (non-hydrogen) atoms. The van der Waals surface area contributed by atoms with E-state index in [2.05, 4.69) is 4.72 Å².